The van der Waals surface area contributed by atoms with Crippen LogP contribution in [0.4, 0.5) is 0 Å². The van der Waals surface area contributed by atoms with Crippen LogP contribution < -0.4 is 4.74 Å². The highest BCUT2D eigenvalue weighted by Gasteiger charge is 1.96. The fourth-order valence-corrected chi connectivity index (χ4v) is 2.38. The quantitative estimate of drug-likeness (QED) is 0.415. The highest BCUT2D eigenvalue weighted by atomic mass is 16.5. The number of benzene rings is 1. The van der Waals surface area contributed by atoms with E-state index in [1.165, 1.54) is 69.8 Å². The summed E-state index contributed by atoms with van der Waals surface area (Å²) in [5.74, 6) is 1.02. The summed E-state index contributed by atoms with van der Waals surface area (Å²) in [5.41, 5.74) is 1.43. The molecular formula is C19H32O. The van der Waals surface area contributed by atoms with E-state index in [2.05, 4.69) is 38.1 Å². The Bertz CT molecular complexity index is 315. The Morgan fingerprint density at radius 2 is 1.30 bits per heavy atom. The number of unbranched alkanes of at least 4 members (excludes halogenated alkanes) is 7. The molecule has 1 aromatic carbocycles. The van der Waals surface area contributed by atoms with Crippen molar-refractivity contribution in [3.8, 4) is 5.75 Å². The molecule has 1 rings (SSSR count). The van der Waals surface area contributed by atoms with E-state index in [1.54, 1.807) is 0 Å². The van der Waals surface area contributed by atoms with E-state index >= 15 is 0 Å². The van der Waals surface area contributed by atoms with Crippen LogP contribution in [0.5, 0.6) is 5.75 Å². The number of rotatable bonds is 12. The standard InChI is InChI=1S/C19H32O/c1-3-5-7-8-9-10-11-17-20-19-15-13-18(14-16-19)12-6-4-2/h13-16H,3-12,17H2,1-2H3. The molecule has 0 radical (unpaired) electrons. The Labute approximate surface area is 125 Å². The summed E-state index contributed by atoms with van der Waals surface area (Å²) in [4.78, 5) is 0. The Kier molecular flexibility index (Phi) is 10.1. The van der Waals surface area contributed by atoms with Gasteiger partial charge >= 0.3 is 0 Å². The molecule has 20 heavy (non-hydrogen) atoms. The van der Waals surface area contributed by atoms with E-state index < -0.39 is 0 Å². The van der Waals surface area contributed by atoms with E-state index in [-0.39, 0.29) is 0 Å². The van der Waals surface area contributed by atoms with Crippen molar-refractivity contribution in [1.29, 1.82) is 0 Å². The van der Waals surface area contributed by atoms with Crippen LogP contribution in [-0.4, -0.2) is 6.61 Å². The summed E-state index contributed by atoms with van der Waals surface area (Å²) in [7, 11) is 0. The maximum Gasteiger partial charge on any atom is 0.119 e. The SMILES string of the molecule is CCCCCCCCCOc1ccc(CCCC)cc1. The van der Waals surface area contributed by atoms with E-state index in [9.17, 15) is 0 Å². The molecule has 0 amide bonds. The lowest BCUT2D eigenvalue weighted by molar-refractivity contribution is 0.304. The van der Waals surface area contributed by atoms with Crippen molar-refractivity contribution in [2.75, 3.05) is 6.61 Å². The van der Waals surface area contributed by atoms with Crippen molar-refractivity contribution < 1.29 is 4.74 Å². The van der Waals surface area contributed by atoms with Gasteiger partial charge in [-0.15, -0.1) is 0 Å². The molecule has 0 saturated carbocycles. The third kappa shape index (κ3) is 8.24. The average molecular weight is 276 g/mol. The first kappa shape index (κ1) is 17.1. The molecule has 114 valence electrons. The van der Waals surface area contributed by atoms with Gasteiger partial charge in [-0.25, -0.2) is 0 Å². The van der Waals surface area contributed by atoms with Crippen LogP contribution in [0.25, 0.3) is 0 Å². The van der Waals surface area contributed by atoms with Crippen LogP contribution in [0.2, 0.25) is 0 Å². The fraction of sp³-hybridized carbons (Fsp3) is 0.684. The molecule has 0 aliphatic carbocycles. The molecule has 0 fully saturated rings. The minimum absolute atomic E-state index is 0.863. The van der Waals surface area contributed by atoms with Crippen LogP contribution in [-0.2, 0) is 6.42 Å². The second kappa shape index (κ2) is 11.8. The third-order valence-corrected chi connectivity index (χ3v) is 3.76. The molecular weight excluding hydrogens is 244 g/mol. The summed E-state index contributed by atoms with van der Waals surface area (Å²) in [5, 5.41) is 0. The van der Waals surface area contributed by atoms with Crippen molar-refractivity contribution in [3.63, 3.8) is 0 Å². The molecule has 0 spiro atoms. The lowest BCUT2D eigenvalue weighted by Gasteiger charge is -2.07. The van der Waals surface area contributed by atoms with Crippen molar-refractivity contribution >= 4 is 0 Å². The average Bonchev–Trinajstić information content (AvgIpc) is 2.49. The zero-order chi connectivity index (χ0) is 14.5. The Balaban J connectivity index is 2.04. The van der Waals surface area contributed by atoms with Gasteiger partial charge in [-0.3, -0.25) is 0 Å². The van der Waals surface area contributed by atoms with Gasteiger partial charge in [0.1, 0.15) is 5.75 Å². The molecule has 0 aliphatic rings. The third-order valence-electron chi connectivity index (χ3n) is 3.76. The molecule has 0 unspecified atom stereocenters. The molecule has 0 aromatic heterocycles. The van der Waals surface area contributed by atoms with Crippen LogP contribution in [0.1, 0.15) is 77.2 Å². The molecule has 0 aliphatic heterocycles. The zero-order valence-electron chi connectivity index (χ0n) is 13.5. The second-order valence-electron chi connectivity index (χ2n) is 5.72. The lowest BCUT2D eigenvalue weighted by Crippen LogP contribution is -1.97. The van der Waals surface area contributed by atoms with E-state index in [4.69, 9.17) is 4.74 Å². The summed E-state index contributed by atoms with van der Waals surface area (Å²) in [6.07, 6.45) is 13.1. The molecule has 0 N–H and O–H groups in total. The number of hydrogen-bond acceptors (Lipinski definition) is 1. The van der Waals surface area contributed by atoms with Gasteiger partial charge in [-0.05, 0) is 37.0 Å². The van der Waals surface area contributed by atoms with Crippen LogP contribution in [0.15, 0.2) is 24.3 Å². The van der Waals surface area contributed by atoms with Gasteiger partial charge in [-0.1, -0.05) is 70.9 Å². The summed E-state index contributed by atoms with van der Waals surface area (Å²) in [6.45, 7) is 5.36. The molecule has 0 bridgehead atoms. The van der Waals surface area contributed by atoms with E-state index in [0.717, 1.165) is 12.4 Å². The predicted octanol–water partition coefficient (Wildman–Crippen LogP) is 6.16. The van der Waals surface area contributed by atoms with Gasteiger partial charge in [-0.2, -0.15) is 0 Å². The maximum atomic E-state index is 5.79. The lowest BCUT2D eigenvalue weighted by atomic mass is 10.1. The van der Waals surface area contributed by atoms with Crippen LogP contribution >= 0.6 is 0 Å². The zero-order valence-corrected chi connectivity index (χ0v) is 13.5. The van der Waals surface area contributed by atoms with Crippen LogP contribution in [0.3, 0.4) is 0 Å². The Hall–Kier alpha value is -0.980. The largest absolute Gasteiger partial charge is 0.494 e. The van der Waals surface area contributed by atoms with Gasteiger partial charge in [0, 0.05) is 0 Å². The van der Waals surface area contributed by atoms with Gasteiger partial charge in [0.25, 0.3) is 0 Å². The highest BCUT2D eigenvalue weighted by Crippen LogP contribution is 2.15. The maximum absolute atomic E-state index is 5.79. The molecule has 1 aromatic rings. The summed E-state index contributed by atoms with van der Waals surface area (Å²) in [6, 6.07) is 8.64. The van der Waals surface area contributed by atoms with Crippen molar-refractivity contribution in [2.24, 2.45) is 0 Å². The first-order valence-corrected chi connectivity index (χ1v) is 8.58. The predicted molar refractivity (Wildman–Crippen MR) is 88.5 cm³/mol. The van der Waals surface area contributed by atoms with Crippen LogP contribution in [0, 0.1) is 0 Å². The molecule has 1 nitrogen and oxygen atoms in total. The van der Waals surface area contributed by atoms with Gasteiger partial charge in [0.15, 0.2) is 0 Å². The second-order valence-corrected chi connectivity index (χ2v) is 5.72. The summed E-state index contributed by atoms with van der Waals surface area (Å²) >= 11 is 0. The van der Waals surface area contributed by atoms with Gasteiger partial charge in [0.05, 0.1) is 6.61 Å². The van der Waals surface area contributed by atoms with Crippen molar-refractivity contribution in [2.45, 2.75) is 78.1 Å². The Morgan fingerprint density at radius 3 is 1.95 bits per heavy atom. The molecule has 0 atom stereocenters. The number of ether oxygens (including phenoxy) is 1. The number of hydrogen-bond donors (Lipinski definition) is 0. The molecule has 0 heterocycles. The monoisotopic (exact) mass is 276 g/mol. The number of aryl methyl sites for hydroxylation is 1. The highest BCUT2D eigenvalue weighted by molar-refractivity contribution is 5.27. The summed E-state index contributed by atoms with van der Waals surface area (Å²) < 4.78 is 5.79. The molecule has 1 heteroatoms. The first-order valence-electron chi connectivity index (χ1n) is 8.58. The minimum atomic E-state index is 0.863. The van der Waals surface area contributed by atoms with E-state index in [0.29, 0.717) is 0 Å². The normalized spacial score (nSPS) is 10.7. The van der Waals surface area contributed by atoms with Gasteiger partial charge in [0.2, 0.25) is 0 Å². The van der Waals surface area contributed by atoms with Crippen molar-refractivity contribution in [1.82, 2.24) is 0 Å². The fourth-order valence-electron chi connectivity index (χ4n) is 2.38. The minimum Gasteiger partial charge on any atom is -0.494 e. The van der Waals surface area contributed by atoms with Gasteiger partial charge < -0.3 is 4.74 Å². The topological polar surface area (TPSA) is 9.23 Å². The molecule has 0 saturated heterocycles. The van der Waals surface area contributed by atoms with E-state index in [1.807, 2.05) is 0 Å². The smallest absolute Gasteiger partial charge is 0.119 e. The first-order chi connectivity index (χ1) is 9.86. The Morgan fingerprint density at radius 1 is 0.700 bits per heavy atom. The van der Waals surface area contributed by atoms with Crippen molar-refractivity contribution in [3.05, 3.63) is 29.8 Å².